The molecule has 24 heavy (non-hydrogen) atoms. The second kappa shape index (κ2) is 6.72. The molecule has 0 unspecified atom stereocenters. The van der Waals surface area contributed by atoms with Crippen molar-refractivity contribution in [1.29, 1.82) is 5.26 Å². The molecular weight excluding hydrogens is 347 g/mol. The number of nitrogens with zero attached hydrogens (tertiary/aromatic N) is 1. The molecular formula is C18H14Cl2N2O2. The Kier molecular flexibility index (Phi) is 4.66. The van der Waals surface area contributed by atoms with Crippen molar-refractivity contribution < 1.29 is 9.21 Å². The molecule has 0 radical (unpaired) electrons. The number of hydrogen-bond donors (Lipinski definition) is 1. The van der Waals surface area contributed by atoms with Crippen molar-refractivity contribution >= 4 is 40.9 Å². The molecule has 1 saturated carbocycles. The standard InChI is InChI=1S/C18H14Cl2N2O2/c1-10-6-14(10)17-5-3-13(24-17)7-11(9-21)18(23)22-16-4-2-12(19)8-15(16)20/h2-5,7-8,10,14H,6H2,1H3,(H,22,23)/b11-7+/t10-,14+/m0/s1. The van der Waals surface area contributed by atoms with Crippen LogP contribution in [0.2, 0.25) is 10.0 Å². The second-order valence-corrected chi connectivity index (χ2v) is 6.65. The third-order valence-electron chi connectivity index (χ3n) is 3.95. The molecule has 3 rings (SSSR count). The SMILES string of the molecule is C[C@H]1C[C@H]1c1ccc(/C=C(\C#N)C(=O)Nc2ccc(Cl)cc2Cl)o1. The predicted molar refractivity (Wildman–Crippen MR) is 93.9 cm³/mol. The van der Waals surface area contributed by atoms with E-state index in [1.807, 2.05) is 12.1 Å². The van der Waals surface area contributed by atoms with E-state index in [9.17, 15) is 10.1 Å². The summed E-state index contributed by atoms with van der Waals surface area (Å²) in [4.78, 5) is 12.3. The first-order valence-corrected chi connectivity index (χ1v) is 8.21. The van der Waals surface area contributed by atoms with E-state index in [0.29, 0.717) is 33.3 Å². The number of amides is 1. The Bertz CT molecular complexity index is 864. The Labute approximate surface area is 149 Å². The molecule has 1 aliphatic carbocycles. The zero-order valence-corrected chi connectivity index (χ0v) is 14.4. The molecule has 2 atom stereocenters. The number of nitriles is 1. The smallest absolute Gasteiger partial charge is 0.266 e. The summed E-state index contributed by atoms with van der Waals surface area (Å²) in [6.45, 7) is 2.16. The zero-order chi connectivity index (χ0) is 17.3. The van der Waals surface area contributed by atoms with Crippen LogP contribution in [-0.2, 0) is 4.79 Å². The van der Waals surface area contributed by atoms with Gasteiger partial charge in [-0.05, 0) is 42.7 Å². The number of halogens is 2. The average Bonchev–Trinajstić information content (AvgIpc) is 3.09. The van der Waals surface area contributed by atoms with Gasteiger partial charge in [-0.25, -0.2) is 0 Å². The molecule has 6 heteroatoms. The molecule has 1 fully saturated rings. The molecule has 0 aliphatic heterocycles. The van der Waals surface area contributed by atoms with Crippen LogP contribution in [0.25, 0.3) is 6.08 Å². The van der Waals surface area contributed by atoms with E-state index < -0.39 is 5.91 Å². The van der Waals surface area contributed by atoms with Crippen LogP contribution in [0.15, 0.2) is 40.3 Å². The molecule has 2 aromatic rings. The lowest BCUT2D eigenvalue weighted by Crippen LogP contribution is -2.13. The van der Waals surface area contributed by atoms with E-state index in [1.54, 1.807) is 18.2 Å². The van der Waals surface area contributed by atoms with Crippen LogP contribution < -0.4 is 5.32 Å². The van der Waals surface area contributed by atoms with E-state index >= 15 is 0 Å². The molecule has 0 spiro atoms. The lowest BCUT2D eigenvalue weighted by molar-refractivity contribution is -0.112. The number of furan rings is 1. The number of carbonyl (C=O) groups is 1. The minimum Gasteiger partial charge on any atom is -0.461 e. The minimum atomic E-state index is -0.556. The molecule has 1 aromatic carbocycles. The molecule has 0 saturated heterocycles. The first kappa shape index (κ1) is 16.6. The van der Waals surface area contributed by atoms with E-state index in [0.717, 1.165) is 12.2 Å². The fourth-order valence-electron chi connectivity index (χ4n) is 2.44. The quantitative estimate of drug-likeness (QED) is 0.597. The maximum absolute atomic E-state index is 12.3. The van der Waals surface area contributed by atoms with Crippen molar-refractivity contribution in [3.8, 4) is 6.07 Å². The Balaban J connectivity index is 1.76. The van der Waals surface area contributed by atoms with Gasteiger partial charge >= 0.3 is 0 Å². The number of hydrogen-bond acceptors (Lipinski definition) is 3. The summed E-state index contributed by atoms with van der Waals surface area (Å²) < 4.78 is 5.70. The van der Waals surface area contributed by atoms with Crippen molar-refractivity contribution in [2.24, 2.45) is 5.92 Å². The van der Waals surface area contributed by atoms with Crippen molar-refractivity contribution in [1.82, 2.24) is 0 Å². The van der Waals surface area contributed by atoms with Crippen LogP contribution in [0.4, 0.5) is 5.69 Å². The number of carbonyl (C=O) groups excluding carboxylic acids is 1. The van der Waals surface area contributed by atoms with E-state index in [-0.39, 0.29) is 5.57 Å². The maximum Gasteiger partial charge on any atom is 0.266 e. The average molecular weight is 361 g/mol. The van der Waals surface area contributed by atoms with Crippen LogP contribution in [0, 0.1) is 17.2 Å². The highest BCUT2D eigenvalue weighted by molar-refractivity contribution is 6.36. The van der Waals surface area contributed by atoms with Crippen LogP contribution in [-0.4, -0.2) is 5.91 Å². The van der Waals surface area contributed by atoms with Gasteiger partial charge in [-0.2, -0.15) is 5.26 Å². The van der Waals surface area contributed by atoms with Gasteiger partial charge in [-0.15, -0.1) is 0 Å². The number of nitrogens with one attached hydrogen (secondary N) is 1. The van der Waals surface area contributed by atoms with Gasteiger partial charge < -0.3 is 9.73 Å². The van der Waals surface area contributed by atoms with Gasteiger partial charge in [0.15, 0.2) is 0 Å². The highest BCUT2D eigenvalue weighted by Gasteiger charge is 2.36. The monoisotopic (exact) mass is 360 g/mol. The van der Waals surface area contributed by atoms with Crippen LogP contribution in [0.3, 0.4) is 0 Å². The van der Waals surface area contributed by atoms with Crippen molar-refractivity contribution in [2.75, 3.05) is 5.32 Å². The lowest BCUT2D eigenvalue weighted by atomic mass is 10.2. The summed E-state index contributed by atoms with van der Waals surface area (Å²) in [7, 11) is 0. The van der Waals surface area contributed by atoms with E-state index in [1.165, 1.54) is 12.1 Å². The Morgan fingerprint density at radius 3 is 2.75 bits per heavy atom. The van der Waals surface area contributed by atoms with Gasteiger partial charge in [0.05, 0.1) is 10.7 Å². The van der Waals surface area contributed by atoms with Gasteiger partial charge in [0, 0.05) is 17.0 Å². The zero-order valence-electron chi connectivity index (χ0n) is 12.8. The fourth-order valence-corrected chi connectivity index (χ4v) is 2.89. The number of anilines is 1. The third kappa shape index (κ3) is 3.64. The Hall–Kier alpha value is -2.22. The lowest BCUT2D eigenvalue weighted by Gasteiger charge is -2.06. The molecule has 1 heterocycles. The van der Waals surface area contributed by atoms with Crippen molar-refractivity contribution in [2.45, 2.75) is 19.3 Å². The van der Waals surface area contributed by atoms with Crippen LogP contribution in [0.1, 0.15) is 30.8 Å². The largest absolute Gasteiger partial charge is 0.461 e. The maximum atomic E-state index is 12.3. The van der Waals surface area contributed by atoms with Gasteiger partial charge in [-0.1, -0.05) is 30.1 Å². The van der Waals surface area contributed by atoms with E-state index in [2.05, 4.69) is 12.2 Å². The molecule has 1 aliphatic rings. The van der Waals surface area contributed by atoms with Crippen LogP contribution in [0.5, 0.6) is 0 Å². The van der Waals surface area contributed by atoms with Crippen LogP contribution >= 0.6 is 23.2 Å². The van der Waals surface area contributed by atoms with Crippen molar-refractivity contribution in [3.63, 3.8) is 0 Å². The molecule has 122 valence electrons. The second-order valence-electron chi connectivity index (χ2n) is 5.81. The highest BCUT2D eigenvalue weighted by atomic mass is 35.5. The molecule has 1 N–H and O–H groups in total. The fraction of sp³-hybridized carbons (Fsp3) is 0.222. The minimum absolute atomic E-state index is 0.0641. The van der Waals surface area contributed by atoms with Crippen molar-refractivity contribution in [3.05, 3.63) is 57.5 Å². The van der Waals surface area contributed by atoms with Gasteiger partial charge in [0.1, 0.15) is 23.2 Å². The van der Waals surface area contributed by atoms with Gasteiger partial charge in [0.2, 0.25) is 0 Å². The normalized spacial score (nSPS) is 19.7. The van der Waals surface area contributed by atoms with E-state index in [4.69, 9.17) is 27.6 Å². The summed E-state index contributed by atoms with van der Waals surface area (Å²) in [5.74, 6) is 1.89. The number of rotatable bonds is 4. The topological polar surface area (TPSA) is 66.0 Å². The molecule has 1 aromatic heterocycles. The van der Waals surface area contributed by atoms with Gasteiger partial charge in [0.25, 0.3) is 5.91 Å². The first-order valence-electron chi connectivity index (χ1n) is 7.46. The Morgan fingerprint density at radius 2 is 2.12 bits per heavy atom. The van der Waals surface area contributed by atoms with Gasteiger partial charge in [-0.3, -0.25) is 4.79 Å². The summed E-state index contributed by atoms with van der Waals surface area (Å²) in [5, 5.41) is 12.6. The first-order chi connectivity index (χ1) is 11.5. The summed E-state index contributed by atoms with van der Waals surface area (Å²) in [6, 6.07) is 10.2. The Morgan fingerprint density at radius 1 is 1.38 bits per heavy atom. The number of benzene rings is 1. The summed E-state index contributed by atoms with van der Waals surface area (Å²) in [5.41, 5.74) is 0.324. The summed E-state index contributed by atoms with van der Waals surface area (Å²) >= 11 is 11.8. The molecule has 4 nitrogen and oxygen atoms in total. The summed E-state index contributed by atoms with van der Waals surface area (Å²) in [6.07, 6.45) is 2.53. The molecule has 0 bridgehead atoms. The predicted octanol–water partition coefficient (Wildman–Crippen LogP) is 5.26. The highest BCUT2D eigenvalue weighted by Crippen LogP contribution is 2.47. The third-order valence-corrected chi connectivity index (χ3v) is 4.50. The molecule has 1 amide bonds.